The van der Waals surface area contributed by atoms with E-state index < -0.39 is 0 Å². The van der Waals surface area contributed by atoms with Crippen LogP contribution in [-0.2, 0) is 11.3 Å². The van der Waals surface area contributed by atoms with E-state index in [0.29, 0.717) is 19.5 Å². The third-order valence-corrected chi connectivity index (χ3v) is 4.02. The SMILES string of the molecule is CCNC(=NCCC(=O)N(C)Cc1ccccc1)N1CCCC1. The van der Waals surface area contributed by atoms with Crippen LogP contribution in [0.4, 0.5) is 0 Å². The molecule has 1 aromatic rings. The number of nitrogens with one attached hydrogen (secondary N) is 1. The molecule has 0 atom stereocenters. The predicted octanol–water partition coefficient (Wildman–Crippen LogP) is 2.10. The van der Waals surface area contributed by atoms with Crippen molar-refractivity contribution in [3.8, 4) is 0 Å². The Morgan fingerprint density at radius 2 is 1.96 bits per heavy atom. The average molecular weight is 316 g/mol. The molecule has 1 amide bonds. The number of aliphatic imine (C=N–C) groups is 1. The lowest BCUT2D eigenvalue weighted by Crippen LogP contribution is -2.39. The molecule has 0 radical (unpaired) electrons. The van der Waals surface area contributed by atoms with Crippen LogP contribution < -0.4 is 5.32 Å². The van der Waals surface area contributed by atoms with Gasteiger partial charge in [-0.15, -0.1) is 0 Å². The van der Waals surface area contributed by atoms with Gasteiger partial charge in [-0.25, -0.2) is 0 Å². The summed E-state index contributed by atoms with van der Waals surface area (Å²) in [4.78, 5) is 20.9. The fraction of sp³-hybridized carbons (Fsp3) is 0.556. The molecule has 2 rings (SSSR count). The van der Waals surface area contributed by atoms with Crippen LogP contribution in [0.1, 0.15) is 31.7 Å². The lowest BCUT2D eigenvalue weighted by molar-refractivity contribution is -0.130. The van der Waals surface area contributed by atoms with Crippen molar-refractivity contribution in [2.45, 2.75) is 32.7 Å². The molecule has 0 saturated carbocycles. The molecule has 126 valence electrons. The van der Waals surface area contributed by atoms with Crippen molar-refractivity contribution in [3.63, 3.8) is 0 Å². The normalized spacial score (nSPS) is 14.9. The zero-order valence-electron chi connectivity index (χ0n) is 14.3. The van der Waals surface area contributed by atoms with E-state index in [1.807, 2.05) is 37.4 Å². The van der Waals surface area contributed by atoms with E-state index in [4.69, 9.17) is 0 Å². The van der Waals surface area contributed by atoms with Gasteiger partial charge >= 0.3 is 0 Å². The fourth-order valence-corrected chi connectivity index (χ4v) is 2.75. The number of likely N-dealkylation sites (tertiary alicyclic amines) is 1. The quantitative estimate of drug-likeness (QED) is 0.646. The molecular weight excluding hydrogens is 288 g/mol. The van der Waals surface area contributed by atoms with Crippen molar-refractivity contribution in [2.24, 2.45) is 4.99 Å². The van der Waals surface area contributed by atoms with Crippen LogP contribution in [-0.4, -0.2) is 54.9 Å². The predicted molar refractivity (Wildman–Crippen MR) is 94.3 cm³/mol. The lowest BCUT2D eigenvalue weighted by atomic mass is 10.2. The first-order valence-electron chi connectivity index (χ1n) is 8.52. The number of amides is 1. The molecule has 0 spiro atoms. The first-order valence-corrected chi connectivity index (χ1v) is 8.52. The summed E-state index contributed by atoms with van der Waals surface area (Å²) in [7, 11) is 1.85. The molecule has 0 bridgehead atoms. The Bertz CT molecular complexity index is 509. The van der Waals surface area contributed by atoms with Gasteiger partial charge in [0.25, 0.3) is 0 Å². The molecule has 1 aliphatic rings. The highest BCUT2D eigenvalue weighted by Gasteiger charge is 2.15. The molecular formula is C18H28N4O. The Balaban J connectivity index is 1.80. The third-order valence-electron chi connectivity index (χ3n) is 4.02. The topological polar surface area (TPSA) is 47.9 Å². The van der Waals surface area contributed by atoms with E-state index >= 15 is 0 Å². The molecule has 1 N–H and O–H groups in total. The highest BCUT2D eigenvalue weighted by molar-refractivity contribution is 5.81. The van der Waals surface area contributed by atoms with E-state index in [9.17, 15) is 4.79 Å². The molecule has 0 unspecified atom stereocenters. The van der Waals surface area contributed by atoms with E-state index in [1.165, 1.54) is 12.8 Å². The number of benzene rings is 1. The van der Waals surface area contributed by atoms with Crippen molar-refractivity contribution in [3.05, 3.63) is 35.9 Å². The maximum absolute atomic E-state index is 12.2. The van der Waals surface area contributed by atoms with Crippen molar-refractivity contribution < 1.29 is 4.79 Å². The van der Waals surface area contributed by atoms with E-state index in [1.54, 1.807) is 4.90 Å². The minimum atomic E-state index is 0.134. The van der Waals surface area contributed by atoms with Crippen molar-refractivity contribution in [2.75, 3.05) is 33.2 Å². The number of carbonyl (C=O) groups is 1. The third kappa shape index (κ3) is 5.58. The van der Waals surface area contributed by atoms with Crippen molar-refractivity contribution in [1.29, 1.82) is 0 Å². The summed E-state index contributed by atoms with van der Waals surface area (Å²) in [5.74, 6) is 1.08. The van der Waals surface area contributed by atoms with Gasteiger partial charge in [-0.05, 0) is 25.3 Å². The number of guanidine groups is 1. The summed E-state index contributed by atoms with van der Waals surface area (Å²) in [5, 5.41) is 3.32. The van der Waals surface area contributed by atoms with Crippen LogP contribution in [0.5, 0.6) is 0 Å². The second kappa shape index (κ2) is 9.18. The highest BCUT2D eigenvalue weighted by atomic mass is 16.2. The lowest BCUT2D eigenvalue weighted by Gasteiger charge is -2.21. The second-order valence-electron chi connectivity index (χ2n) is 5.92. The van der Waals surface area contributed by atoms with E-state index in [0.717, 1.165) is 31.2 Å². The van der Waals surface area contributed by atoms with Crippen LogP contribution in [0.2, 0.25) is 0 Å². The molecule has 1 aliphatic heterocycles. The molecule has 5 heteroatoms. The zero-order valence-corrected chi connectivity index (χ0v) is 14.3. The number of rotatable bonds is 6. The molecule has 23 heavy (non-hydrogen) atoms. The van der Waals surface area contributed by atoms with Crippen molar-refractivity contribution in [1.82, 2.24) is 15.1 Å². The Morgan fingerprint density at radius 1 is 1.26 bits per heavy atom. The average Bonchev–Trinajstić information content (AvgIpc) is 3.09. The molecule has 0 aliphatic carbocycles. The Labute approximate surface area is 139 Å². The van der Waals surface area contributed by atoms with Crippen LogP contribution >= 0.6 is 0 Å². The molecule has 5 nitrogen and oxygen atoms in total. The van der Waals surface area contributed by atoms with Crippen LogP contribution in [0.15, 0.2) is 35.3 Å². The standard InChI is InChI=1S/C18H28N4O/c1-3-19-18(22-13-7-8-14-22)20-12-11-17(23)21(2)15-16-9-5-4-6-10-16/h4-6,9-10H,3,7-8,11-15H2,1-2H3,(H,19,20). The summed E-state index contributed by atoms with van der Waals surface area (Å²) in [6, 6.07) is 10.1. The van der Waals surface area contributed by atoms with Gasteiger partial charge in [0.15, 0.2) is 5.96 Å². The van der Waals surface area contributed by atoms with Gasteiger partial charge in [-0.3, -0.25) is 9.79 Å². The van der Waals surface area contributed by atoms with Gasteiger partial charge in [0.05, 0.1) is 6.54 Å². The van der Waals surface area contributed by atoms with Gasteiger partial charge in [0, 0.05) is 39.6 Å². The van der Waals surface area contributed by atoms with Gasteiger partial charge in [0.2, 0.25) is 5.91 Å². The largest absolute Gasteiger partial charge is 0.357 e. The highest BCUT2D eigenvalue weighted by Crippen LogP contribution is 2.08. The fourth-order valence-electron chi connectivity index (χ4n) is 2.75. The summed E-state index contributed by atoms with van der Waals surface area (Å²) >= 11 is 0. The minimum absolute atomic E-state index is 0.134. The number of nitrogens with zero attached hydrogens (tertiary/aromatic N) is 3. The molecule has 1 aromatic carbocycles. The summed E-state index contributed by atoms with van der Waals surface area (Å²) < 4.78 is 0. The first kappa shape index (κ1) is 17.3. The van der Waals surface area contributed by atoms with Crippen LogP contribution in [0, 0.1) is 0 Å². The summed E-state index contributed by atoms with van der Waals surface area (Å²) in [6.07, 6.45) is 2.90. The molecule has 1 heterocycles. The van der Waals surface area contributed by atoms with Gasteiger partial charge in [-0.1, -0.05) is 30.3 Å². The van der Waals surface area contributed by atoms with Crippen molar-refractivity contribution >= 4 is 11.9 Å². The van der Waals surface area contributed by atoms with Gasteiger partial charge < -0.3 is 15.1 Å². The second-order valence-corrected chi connectivity index (χ2v) is 5.92. The smallest absolute Gasteiger partial charge is 0.224 e. The van der Waals surface area contributed by atoms with E-state index in [-0.39, 0.29) is 5.91 Å². The monoisotopic (exact) mass is 316 g/mol. The first-order chi connectivity index (χ1) is 11.2. The van der Waals surface area contributed by atoms with Crippen LogP contribution in [0.3, 0.4) is 0 Å². The molecule has 1 fully saturated rings. The maximum atomic E-state index is 12.2. The Hall–Kier alpha value is -2.04. The number of hydrogen-bond donors (Lipinski definition) is 1. The maximum Gasteiger partial charge on any atom is 0.224 e. The van der Waals surface area contributed by atoms with E-state index in [2.05, 4.69) is 22.1 Å². The molecule has 0 aromatic heterocycles. The number of carbonyl (C=O) groups excluding carboxylic acids is 1. The van der Waals surface area contributed by atoms with Crippen LogP contribution in [0.25, 0.3) is 0 Å². The molecule has 1 saturated heterocycles. The zero-order chi connectivity index (χ0) is 16.5. The Kier molecular flexibility index (Phi) is 6.91. The number of hydrogen-bond acceptors (Lipinski definition) is 2. The Morgan fingerprint density at radius 3 is 2.61 bits per heavy atom. The minimum Gasteiger partial charge on any atom is -0.357 e. The summed E-state index contributed by atoms with van der Waals surface area (Å²) in [6.45, 7) is 6.25. The van der Waals surface area contributed by atoms with Gasteiger partial charge in [-0.2, -0.15) is 0 Å². The van der Waals surface area contributed by atoms with Gasteiger partial charge in [0.1, 0.15) is 0 Å². The summed E-state index contributed by atoms with van der Waals surface area (Å²) in [5.41, 5.74) is 1.15.